The van der Waals surface area contributed by atoms with Gasteiger partial charge in [-0.15, -0.1) is 0 Å². The van der Waals surface area contributed by atoms with Crippen LogP contribution in [0.4, 0.5) is 0 Å². The predicted molar refractivity (Wildman–Crippen MR) is 57.1 cm³/mol. The number of hydrogen-bond donors (Lipinski definition) is 2. The minimum Gasteiger partial charge on any atom is -0.508 e. The molecule has 2 nitrogen and oxygen atoms in total. The molecule has 2 rings (SSSR count). The quantitative estimate of drug-likeness (QED) is 0.764. The highest BCUT2D eigenvalue weighted by atomic mass is 16.3. The Morgan fingerprint density at radius 3 is 2.57 bits per heavy atom. The lowest BCUT2D eigenvalue weighted by Crippen LogP contribution is -2.16. The summed E-state index contributed by atoms with van der Waals surface area (Å²) in [5.41, 5.74) is 1.23. The van der Waals surface area contributed by atoms with Crippen LogP contribution in [0.25, 0.3) is 0 Å². The summed E-state index contributed by atoms with van der Waals surface area (Å²) in [6, 6.07) is 7.38. The lowest BCUT2D eigenvalue weighted by Gasteiger charge is -2.03. The number of benzene rings is 1. The Bertz CT molecular complexity index is 294. The molecule has 0 bridgehead atoms. The summed E-state index contributed by atoms with van der Waals surface area (Å²) < 4.78 is 0. The molecule has 1 aliphatic rings. The molecule has 0 heterocycles. The van der Waals surface area contributed by atoms with Gasteiger partial charge in [-0.05, 0) is 42.5 Å². The molecule has 1 aliphatic carbocycles. The van der Waals surface area contributed by atoms with E-state index in [1.54, 1.807) is 12.1 Å². The molecule has 2 atom stereocenters. The molecule has 1 fully saturated rings. The highest BCUT2D eigenvalue weighted by molar-refractivity contribution is 5.25. The number of hydrogen-bond acceptors (Lipinski definition) is 2. The van der Waals surface area contributed by atoms with Crippen LogP contribution in [0.2, 0.25) is 0 Å². The third-order valence-electron chi connectivity index (χ3n) is 2.95. The Morgan fingerprint density at radius 1 is 1.36 bits per heavy atom. The molecule has 0 spiro atoms. The van der Waals surface area contributed by atoms with Gasteiger partial charge in [0, 0.05) is 6.54 Å². The van der Waals surface area contributed by atoms with Crippen LogP contribution >= 0.6 is 0 Å². The molecule has 2 N–H and O–H groups in total. The number of rotatable bonds is 4. The minimum absolute atomic E-state index is 0.338. The van der Waals surface area contributed by atoms with E-state index < -0.39 is 0 Å². The molecule has 0 aromatic heterocycles. The molecule has 2 heteroatoms. The van der Waals surface area contributed by atoms with Gasteiger partial charge in [-0.25, -0.2) is 0 Å². The van der Waals surface area contributed by atoms with Gasteiger partial charge >= 0.3 is 0 Å². The van der Waals surface area contributed by atoms with Gasteiger partial charge in [-0.2, -0.15) is 0 Å². The highest BCUT2D eigenvalue weighted by Crippen LogP contribution is 2.36. The van der Waals surface area contributed by atoms with Gasteiger partial charge in [0.15, 0.2) is 0 Å². The average molecular weight is 191 g/mol. The van der Waals surface area contributed by atoms with Crippen LogP contribution in [-0.4, -0.2) is 11.7 Å². The molecule has 2 unspecified atom stereocenters. The van der Waals surface area contributed by atoms with Gasteiger partial charge in [-0.1, -0.05) is 19.1 Å². The summed E-state index contributed by atoms with van der Waals surface area (Å²) in [6.07, 6.45) is 1.38. The smallest absolute Gasteiger partial charge is 0.115 e. The molecule has 1 saturated carbocycles. The highest BCUT2D eigenvalue weighted by Gasteiger charge is 2.31. The van der Waals surface area contributed by atoms with Crippen LogP contribution in [0.15, 0.2) is 24.3 Å². The van der Waals surface area contributed by atoms with Crippen molar-refractivity contribution in [2.75, 3.05) is 6.54 Å². The van der Waals surface area contributed by atoms with Gasteiger partial charge in [0.1, 0.15) is 5.75 Å². The van der Waals surface area contributed by atoms with Crippen molar-refractivity contribution >= 4 is 0 Å². The fourth-order valence-corrected chi connectivity index (χ4v) is 1.70. The minimum atomic E-state index is 0.338. The van der Waals surface area contributed by atoms with E-state index in [0.29, 0.717) is 5.75 Å². The number of phenolic OH excluding ortho intramolecular Hbond substituents is 1. The Labute approximate surface area is 85.0 Å². The summed E-state index contributed by atoms with van der Waals surface area (Å²) >= 11 is 0. The molecular formula is C12H17NO. The van der Waals surface area contributed by atoms with E-state index in [1.807, 2.05) is 12.1 Å². The Balaban J connectivity index is 1.72. The van der Waals surface area contributed by atoms with Crippen molar-refractivity contribution < 1.29 is 5.11 Å². The van der Waals surface area contributed by atoms with Crippen molar-refractivity contribution in [3.8, 4) is 5.75 Å². The molecule has 1 aromatic rings. The first-order valence-corrected chi connectivity index (χ1v) is 5.24. The van der Waals surface area contributed by atoms with E-state index >= 15 is 0 Å². The van der Waals surface area contributed by atoms with Crippen molar-refractivity contribution in [1.82, 2.24) is 5.32 Å². The lowest BCUT2D eigenvalue weighted by atomic mass is 10.2. The second-order valence-corrected chi connectivity index (χ2v) is 4.27. The van der Waals surface area contributed by atoms with Gasteiger partial charge in [0.25, 0.3) is 0 Å². The molecule has 0 amide bonds. The maximum Gasteiger partial charge on any atom is 0.115 e. The second kappa shape index (κ2) is 4.01. The first-order valence-electron chi connectivity index (χ1n) is 5.24. The normalized spacial score (nSPS) is 24.9. The lowest BCUT2D eigenvalue weighted by molar-refractivity contribution is 0.475. The van der Waals surface area contributed by atoms with Crippen LogP contribution in [0, 0.1) is 11.8 Å². The third kappa shape index (κ3) is 2.48. The fraction of sp³-hybridized carbons (Fsp3) is 0.500. The number of phenols is 1. The van der Waals surface area contributed by atoms with E-state index in [1.165, 1.54) is 12.0 Å². The van der Waals surface area contributed by atoms with Gasteiger partial charge < -0.3 is 10.4 Å². The van der Waals surface area contributed by atoms with Crippen molar-refractivity contribution in [2.24, 2.45) is 11.8 Å². The summed E-state index contributed by atoms with van der Waals surface area (Å²) in [6.45, 7) is 4.33. The maximum atomic E-state index is 9.09. The van der Waals surface area contributed by atoms with E-state index in [2.05, 4.69) is 12.2 Å². The average Bonchev–Trinajstić information content (AvgIpc) is 2.86. The number of aromatic hydroxyl groups is 1. The van der Waals surface area contributed by atoms with E-state index in [0.717, 1.165) is 24.9 Å². The second-order valence-electron chi connectivity index (χ2n) is 4.27. The molecule has 0 saturated heterocycles. The summed E-state index contributed by atoms with van der Waals surface area (Å²) in [5.74, 6) is 2.15. The predicted octanol–water partition coefficient (Wildman–Crippen LogP) is 2.14. The van der Waals surface area contributed by atoms with E-state index in [4.69, 9.17) is 5.11 Å². The van der Waals surface area contributed by atoms with Crippen molar-refractivity contribution in [2.45, 2.75) is 19.9 Å². The Morgan fingerprint density at radius 2 is 2.00 bits per heavy atom. The first kappa shape index (κ1) is 9.53. The Hall–Kier alpha value is -1.02. The van der Waals surface area contributed by atoms with Crippen LogP contribution in [0.1, 0.15) is 18.9 Å². The zero-order chi connectivity index (χ0) is 9.97. The molecule has 76 valence electrons. The molecule has 1 aromatic carbocycles. The van der Waals surface area contributed by atoms with Crippen molar-refractivity contribution in [3.63, 3.8) is 0 Å². The van der Waals surface area contributed by atoms with E-state index in [-0.39, 0.29) is 0 Å². The first-order chi connectivity index (χ1) is 6.75. The van der Waals surface area contributed by atoms with Gasteiger partial charge in [-0.3, -0.25) is 0 Å². The summed E-state index contributed by atoms with van der Waals surface area (Å²) in [5, 5.41) is 12.5. The van der Waals surface area contributed by atoms with Crippen LogP contribution < -0.4 is 5.32 Å². The zero-order valence-electron chi connectivity index (χ0n) is 8.53. The molecule has 14 heavy (non-hydrogen) atoms. The zero-order valence-corrected chi connectivity index (χ0v) is 8.53. The Kier molecular flexibility index (Phi) is 2.73. The van der Waals surface area contributed by atoms with E-state index in [9.17, 15) is 0 Å². The van der Waals surface area contributed by atoms with Crippen molar-refractivity contribution in [1.29, 1.82) is 0 Å². The van der Waals surface area contributed by atoms with Gasteiger partial charge in [0.2, 0.25) is 0 Å². The fourth-order valence-electron chi connectivity index (χ4n) is 1.70. The molecule has 0 radical (unpaired) electrons. The SMILES string of the molecule is CC1CC1CNCc1ccc(O)cc1. The topological polar surface area (TPSA) is 32.3 Å². The molecule has 0 aliphatic heterocycles. The summed E-state index contributed by atoms with van der Waals surface area (Å²) in [7, 11) is 0. The van der Waals surface area contributed by atoms with Crippen LogP contribution in [-0.2, 0) is 6.54 Å². The number of nitrogens with one attached hydrogen (secondary N) is 1. The molecular weight excluding hydrogens is 174 g/mol. The maximum absolute atomic E-state index is 9.09. The largest absolute Gasteiger partial charge is 0.508 e. The van der Waals surface area contributed by atoms with Gasteiger partial charge in [0.05, 0.1) is 0 Å². The van der Waals surface area contributed by atoms with Crippen molar-refractivity contribution in [3.05, 3.63) is 29.8 Å². The third-order valence-corrected chi connectivity index (χ3v) is 2.95. The monoisotopic (exact) mass is 191 g/mol. The van der Waals surface area contributed by atoms with Crippen LogP contribution in [0.5, 0.6) is 5.75 Å². The summed E-state index contributed by atoms with van der Waals surface area (Å²) in [4.78, 5) is 0. The standard InChI is InChI=1S/C12H17NO/c1-9-6-11(9)8-13-7-10-2-4-12(14)5-3-10/h2-5,9,11,13-14H,6-8H2,1H3. The van der Waals surface area contributed by atoms with Crippen LogP contribution in [0.3, 0.4) is 0 Å².